The Bertz CT molecular complexity index is 995. The Kier molecular flexibility index (Phi) is 6.21. The number of halogens is 1. The molecule has 162 valence electrons. The molecule has 2 aromatic carbocycles. The molecule has 5 heteroatoms. The predicted octanol–water partition coefficient (Wildman–Crippen LogP) is 5.76. The molecule has 2 fully saturated rings. The van der Waals surface area contributed by atoms with Crippen LogP contribution in [0.3, 0.4) is 0 Å². The maximum absolute atomic E-state index is 14.7. The minimum Gasteiger partial charge on any atom is -0.487 e. The third-order valence-electron chi connectivity index (χ3n) is 6.14. The van der Waals surface area contributed by atoms with Crippen molar-refractivity contribution >= 4 is 24.4 Å². The van der Waals surface area contributed by atoms with Crippen molar-refractivity contribution in [3.8, 4) is 16.9 Å². The van der Waals surface area contributed by atoms with Gasteiger partial charge in [-0.25, -0.2) is 4.39 Å². The van der Waals surface area contributed by atoms with E-state index in [4.69, 9.17) is 4.74 Å². The molecule has 4 nitrogen and oxygen atoms in total. The highest BCUT2D eigenvalue weighted by Gasteiger charge is 2.38. The average molecular weight is 421 g/mol. The van der Waals surface area contributed by atoms with E-state index in [2.05, 4.69) is 17.8 Å². The predicted molar refractivity (Wildman–Crippen MR) is 124 cm³/mol. The highest BCUT2D eigenvalue weighted by molar-refractivity contribution is 5.81. The number of amides is 1. The summed E-state index contributed by atoms with van der Waals surface area (Å²) < 4.78 is 20.6. The largest absolute Gasteiger partial charge is 0.487 e. The molecule has 1 aliphatic carbocycles. The van der Waals surface area contributed by atoms with Gasteiger partial charge in [-0.2, -0.15) is 0 Å². The highest BCUT2D eigenvalue weighted by Crippen LogP contribution is 2.35. The summed E-state index contributed by atoms with van der Waals surface area (Å²) in [5, 5.41) is 0. The maximum atomic E-state index is 14.7. The maximum Gasteiger partial charge on any atom is 0.225 e. The second-order valence-corrected chi connectivity index (χ2v) is 8.38. The number of piperidine rings is 1. The van der Waals surface area contributed by atoms with Crippen LogP contribution < -0.4 is 4.74 Å². The molecule has 2 aliphatic rings. The molecule has 1 amide bonds. The van der Waals surface area contributed by atoms with Crippen LogP contribution in [-0.2, 0) is 4.79 Å². The molecule has 0 bridgehead atoms. The van der Waals surface area contributed by atoms with Crippen molar-refractivity contribution in [2.45, 2.75) is 45.4 Å². The van der Waals surface area contributed by atoms with Crippen molar-refractivity contribution in [2.75, 3.05) is 13.1 Å². The van der Waals surface area contributed by atoms with Gasteiger partial charge >= 0.3 is 0 Å². The third-order valence-corrected chi connectivity index (χ3v) is 6.14. The summed E-state index contributed by atoms with van der Waals surface area (Å²) in [6, 6.07) is 11.9. The normalized spacial score (nSPS) is 21.3. The number of allylic oxidation sites excluding steroid dienone is 1. The number of rotatable bonds is 6. The Morgan fingerprint density at radius 2 is 1.94 bits per heavy atom. The molecule has 0 radical (unpaired) electrons. The molecule has 1 saturated carbocycles. The topological polar surface area (TPSA) is 41.9 Å². The Hall–Kier alpha value is -2.95. The van der Waals surface area contributed by atoms with E-state index in [9.17, 15) is 9.18 Å². The molecule has 0 aromatic heterocycles. The fourth-order valence-electron chi connectivity index (χ4n) is 4.25. The lowest BCUT2D eigenvalue weighted by molar-refractivity contribution is -0.136. The molecule has 1 saturated heterocycles. The van der Waals surface area contributed by atoms with Crippen LogP contribution in [0.4, 0.5) is 10.1 Å². The minimum absolute atomic E-state index is 0.106. The number of hydrogen-bond acceptors (Lipinski definition) is 3. The second-order valence-electron chi connectivity index (χ2n) is 8.38. The van der Waals surface area contributed by atoms with Crippen LogP contribution in [0.1, 0.15) is 37.3 Å². The van der Waals surface area contributed by atoms with Gasteiger partial charge in [-0.05, 0) is 62.2 Å². The van der Waals surface area contributed by atoms with Gasteiger partial charge in [0.05, 0.1) is 12.2 Å². The van der Waals surface area contributed by atoms with E-state index in [1.54, 1.807) is 4.90 Å². The monoisotopic (exact) mass is 420 g/mol. The number of alkyl halides is 1. The van der Waals surface area contributed by atoms with Crippen molar-refractivity contribution in [2.24, 2.45) is 10.9 Å². The van der Waals surface area contributed by atoms with Crippen LogP contribution in [0.25, 0.3) is 17.2 Å². The number of carbonyl (C=O) groups is 1. The molecule has 2 aromatic rings. The van der Waals surface area contributed by atoms with E-state index < -0.39 is 12.3 Å². The van der Waals surface area contributed by atoms with Crippen LogP contribution >= 0.6 is 0 Å². The van der Waals surface area contributed by atoms with Gasteiger partial charge in [-0.15, -0.1) is 0 Å². The summed E-state index contributed by atoms with van der Waals surface area (Å²) in [7, 11) is 0. The quantitative estimate of drug-likeness (QED) is 0.558. The van der Waals surface area contributed by atoms with Gasteiger partial charge in [-0.3, -0.25) is 9.79 Å². The summed E-state index contributed by atoms with van der Waals surface area (Å²) in [5.41, 5.74) is 5.11. The fraction of sp³-hybridized carbons (Fsp3) is 0.385. The fourth-order valence-corrected chi connectivity index (χ4v) is 4.25. The first-order valence-corrected chi connectivity index (χ1v) is 10.9. The van der Waals surface area contributed by atoms with Crippen molar-refractivity contribution in [3.05, 3.63) is 53.6 Å². The zero-order chi connectivity index (χ0) is 22.0. The number of aliphatic imine (C=N–C) groups is 1. The minimum atomic E-state index is -1.17. The lowest BCUT2D eigenvalue weighted by Gasteiger charge is -2.35. The molecule has 31 heavy (non-hydrogen) atoms. The number of nitrogens with zero attached hydrogens (tertiary/aromatic N) is 2. The molecule has 2 atom stereocenters. The Labute approximate surface area is 183 Å². The SMILES string of the molecule is C=Nc1c(/C=C\C)ccc(-c2ccc(O[C@@H]3CCN(C(=O)C4CC4)C[C@H]3F)cc2)c1C. The Balaban J connectivity index is 1.44. The van der Waals surface area contributed by atoms with E-state index in [1.165, 1.54) is 0 Å². The number of benzene rings is 2. The molecular formula is C26H29FN2O2. The van der Waals surface area contributed by atoms with Crippen LogP contribution in [0, 0.1) is 12.8 Å². The van der Waals surface area contributed by atoms with Crippen molar-refractivity contribution in [3.63, 3.8) is 0 Å². The zero-order valence-electron chi connectivity index (χ0n) is 18.2. The van der Waals surface area contributed by atoms with Gasteiger partial charge in [0, 0.05) is 24.4 Å². The van der Waals surface area contributed by atoms with E-state index in [0.717, 1.165) is 40.8 Å². The number of hydrogen-bond donors (Lipinski definition) is 0. The molecule has 1 aliphatic heterocycles. The Morgan fingerprint density at radius 1 is 1.19 bits per heavy atom. The smallest absolute Gasteiger partial charge is 0.225 e. The first kappa shape index (κ1) is 21.3. The van der Waals surface area contributed by atoms with Crippen LogP contribution in [0.2, 0.25) is 0 Å². The zero-order valence-corrected chi connectivity index (χ0v) is 18.2. The molecule has 0 unspecified atom stereocenters. The second kappa shape index (κ2) is 9.04. The summed E-state index contributed by atoms with van der Waals surface area (Å²) in [4.78, 5) is 18.1. The van der Waals surface area contributed by atoms with Gasteiger partial charge in [-0.1, -0.05) is 36.4 Å². The Morgan fingerprint density at radius 3 is 2.55 bits per heavy atom. The summed E-state index contributed by atoms with van der Waals surface area (Å²) in [6.45, 7) is 8.44. The van der Waals surface area contributed by atoms with Crippen LogP contribution in [0.15, 0.2) is 47.5 Å². The lowest BCUT2D eigenvalue weighted by atomic mass is 9.96. The summed E-state index contributed by atoms with van der Waals surface area (Å²) in [5.74, 6) is 0.878. The van der Waals surface area contributed by atoms with E-state index in [0.29, 0.717) is 18.7 Å². The number of likely N-dealkylation sites (tertiary alicyclic amines) is 1. The summed E-state index contributed by atoms with van der Waals surface area (Å²) in [6.07, 6.45) is 4.72. The molecule has 0 spiro atoms. The first-order valence-electron chi connectivity index (χ1n) is 10.9. The standard InChI is InChI=1S/C26H29FN2O2/c1-4-5-19-10-13-22(17(2)25(19)28-3)18-8-11-21(12-9-18)31-24-14-15-29(16-23(24)27)26(30)20-6-7-20/h4-5,8-13,20,23-24H,3,6-7,14-16H2,1-2H3/b5-4-/t23-,24-/m1/s1. The van der Waals surface area contributed by atoms with Crippen molar-refractivity contribution < 1.29 is 13.9 Å². The van der Waals surface area contributed by atoms with E-state index in [1.807, 2.05) is 56.3 Å². The van der Waals surface area contributed by atoms with Crippen LogP contribution in [0.5, 0.6) is 5.75 Å². The number of carbonyl (C=O) groups excluding carboxylic acids is 1. The molecular weight excluding hydrogens is 391 g/mol. The van der Waals surface area contributed by atoms with Crippen molar-refractivity contribution in [1.82, 2.24) is 4.90 Å². The highest BCUT2D eigenvalue weighted by atomic mass is 19.1. The number of ether oxygens (including phenoxy) is 1. The first-order chi connectivity index (χ1) is 15.0. The van der Waals surface area contributed by atoms with Gasteiger partial charge < -0.3 is 9.64 Å². The van der Waals surface area contributed by atoms with Gasteiger partial charge in [0.2, 0.25) is 5.91 Å². The molecule has 0 N–H and O–H groups in total. The molecule has 1 heterocycles. The van der Waals surface area contributed by atoms with Crippen molar-refractivity contribution in [1.29, 1.82) is 0 Å². The summed E-state index contributed by atoms with van der Waals surface area (Å²) >= 11 is 0. The van der Waals surface area contributed by atoms with Gasteiger partial charge in [0.15, 0.2) is 6.17 Å². The lowest BCUT2D eigenvalue weighted by Crippen LogP contribution is -2.49. The van der Waals surface area contributed by atoms with Gasteiger partial charge in [0.1, 0.15) is 11.9 Å². The van der Waals surface area contributed by atoms with Gasteiger partial charge in [0.25, 0.3) is 0 Å². The average Bonchev–Trinajstić information content (AvgIpc) is 3.61. The van der Waals surface area contributed by atoms with E-state index in [-0.39, 0.29) is 18.4 Å². The van der Waals surface area contributed by atoms with Crippen LogP contribution in [-0.4, -0.2) is 42.9 Å². The molecule has 4 rings (SSSR count). The van der Waals surface area contributed by atoms with E-state index >= 15 is 0 Å². The third kappa shape index (κ3) is 4.55.